The zero-order chi connectivity index (χ0) is 16.1. The van der Waals surface area contributed by atoms with Crippen LogP contribution in [0.15, 0.2) is 0 Å². The fourth-order valence-electron chi connectivity index (χ4n) is 2.58. The number of aliphatic hydroxyl groups is 1. The Morgan fingerprint density at radius 2 is 1.81 bits per heavy atom. The van der Waals surface area contributed by atoms with E-state index < -0.39 is 5.60 Å². The number of amides is 1. The first-order chi connectivity index (χ1) is 9.61. The summed E-state index contributed by atoms with van der Waals surface area (Å²) in [5.41, 5.74) is -0.347. The van der Waals surface area contributed by atoms with Crippen LogP contribution < -0.4 is 10.6 Å². The maximum absolute atomic E-state index is 11.7. The number of alkyl carbamates (subject to hydrolysis) is 1. The molecule has 0 saturated heterocycles. The maximum atomic E-state index is 11.7. The molecule has 5 heteroatoms. The molecular formula is C16H32N2O3. The quantitative estimate of drug-likeness (QED) is 0.704. The Kier molecular flexibility index (Phi) is 6.47. The number of hydrogen-bond donors (Lipinski definition) is 3. The van der Waals surface area contributed by atoms with Gasteiger partial charge >= 0.3 is 6.09 Å². The molecular weight excluding hydrogens is 268 g/mol. The van der Waals surface area contributed by atoms with Gasteiger partial charge in [-0.2, -0.15) is 0 Å². The van der Waals surface area contributed by atoms with Gasteiger partial charge in [0.25, 0.3) is 0 Å². The van der Waals surface area contributed by atoms with Gasteiger partial charge in [0, 0.05) is 25.2 Å². The van der Waals surface area contributed by atoms with Gasteiger partial charge in [-0.3, -0.25) is 0 Å². The minimum Gasteiger partial charge on any atom is -0.444 e. The molecule has 1 amide bonds. The highest BCUT2D eigenvalue weighted by atomic mass is 16.6. The Morgan fingerprint density at radius 1 is 1.19 bits per heavy atom. The van der Waals surface area contributed by atoms with Crippen molar-refractivity contribution in [2.75, 3.05) is 13.2 Å². The lowest BCUT2D eigenvalue weighted by atomic mass is 9.89. The predicted molar refractivity (Wildman–Crippen MR) is 84.3 cm³/mol. The van der Waals surface area contributed by atoms with E-state index >= 15 is 0 Å². The molecule has 1 fully saturated rings. The number of rotatable bonds is 6. The van der Waals surface area contributed by atoms with Crippen molar-refractivity contribution >= 4 is 6.09 Å². The van der Waals surface area contributed by atoms with E-state index in [9.17, 15) is 4.79 Å². The van der Waals surface area contributed by atoms with E-state index in [-0.39, 0.29) is 24.2 Å². The summed E-state index contributed by atoms with van der Waals surface area (Å²) in [5, 5.41) is 15.5. The minimum atomic E-state index is -0.450. The van der Waals surface area contributed by atoms with Crippen molar-refractivity contribution in [2.24, 2.45) is 5.41 Å². The smallest absolute Gasteiger partial charge is 0.407 e. The molecule has 1 aliphatic rings. The molecule has 124 valence electrons. The first-order valence-corrected chi connectivity index (χ1v) is 7.95. The summed E-state index contributed by atoms with van der Waals surface area (Å²) < 4.78 is 5.28. The van der Waals surface area contributed by atoms with Crippen molar-refractivity contribution in [2.45, 2.75) is 78.0 Å². The van der Waals surface area contributed by atoms with Crippen LogP contribution >= 0.6 is 0 Å². The first-order valence-electron chi connectivity index (χ1n) is 7.95. The zero-order valence-electron chi connectivity index (χ0n) is 14.2. The van der Waals surface area contributed by atoms with Crippen LogP contribution in [0.25, 0.3) is 0 Å². The maximum Gasteiger partial charge on any atom is 0.407 e. The van der Waals surface area contributed by atoms with Crippen molar-refractivity contribution in [3.8, 4) is 0 Å². The van der Waals surface area contributed by atoms with Crippen LogP contribution in [0.5, 0.6) is 0 Å². The van der Waals surface area contributed by atoms with Crippen LogP contribution in [0, 0.1) is 5.41 Å². The fourth-order valence-corrected chi connectivity index (χ4v) is 2.58. The highest BCUT2D eigenvalue weighted by molar-refractivity contribution is 5.68. The van der Waals surface area contributed by atoms with Crippen molar-refractivity contribution in [1.29, 1.82) is 0 Å². The summed E-state index contributed by atoms with van der Waals surface area (Å²) in [4.78, 5) is 11.7. The first kappa shape index (κ1) is 18.2. The van der Waals surface area contributed by atoms with Gasteiger partial charge in [0.1, 0.15) is 5.60 Å². The summed E-state index contributed by atoms with van der Waals surface area (Å²) >= 11 is 0. The molecule has 2 unspecified atom stereocenters. The monoisotopic (exact) mass is 300 g/mol. The van der Waals surface area contributed by atoms with Gasteiger partial charge in [0.2, 0.25) is 0 Å². The second kappa shape index (κ2) is 7.45. The van der Waals surface area contributed by atoms with Crippen LogP contribution in [0.2, 0.25) is 0 Å². The van der Waals surface area contributed by atoms with E-state index in [0.717, 1.165) is 32.2 Å². The van der Waals surface area contributed by atoms with Crippen molar-refractivity contribution in [3.63, 3.8) is 0 Å². The van der Waals surface area contributed by atoms with Gasteiger partial charge in [0.05, 0.1) is 0 Å². The van der Waals surface area contributed by atoms with E-state index in [4.69, 9.17) is 9.84 Å². The van der Waals surface area contributed by atoms with Gasteiger partial charge in [-0.15, -0.1) is 0 Å². The molecule has 1 aliphatic carbocycles. The Morgan fingerprint density at radius 3 is 2.38 bits per heavy atom. The van der Waals surface area contributed by atoms with Gasteiger partial charge in [-0.1, -0.05) is 13.8 Å². The van der Waals surface area contributed by atoms with E-state index in [2.05, 4.69) is 24.5 Å². The van der Waals surface area contributed by atoms with Crippen molar-refractivity contribution < 1.29 is 14.6 Å². The molecule has 0 radical (unpaired) electrons. The average molecular weight is 300 g/mol. The Labute approximate surface area is 128 Å². The molecule has 0 bridgehead atoms. The third-order valence-corrected chi connectivity index (χ3v) is 3.81. The van der Waals surface area contributed by atoms with Crippen LogP contribution in [-0.2, 0) is 4.74 Å². The van der Waals surface area contributed by atoms with Gasteiger partial charge in [-0.05, 0) is 51.9 Å². The summed E-state index contributed by atoms with van der Waals surface area (Å²) in [7, 11) is 0. The summed E-state index contributed by atoms with van der Waals surface area (Å²) in [6, 6.07) is 0.626. The summed E-state index contributed by atoms with van der Waals surface area (Å²) in [5.74, 6) is 0. The molecule has 0 aromatic rings. The molecule has 1 saturated carbocycles. The second-order valence-electron chi connectivity index (χ2n) is 7.87. The molecule has 0 aliphatic heterocycles. The van der Waals surface area contributed by atoms with E-state index in [1.165, 1.54) is 0 Å². The van der Waals surface area contributed by atoms with Crippen molar-refractivity contribution in [1.82, 2.24) is 10.6 Å². The van der Waals surface area contributed by atoms with Gasteiger partial charge < -0.3 is 20.5 Å². The third-order valence-electron chi connectivity index (χ3n) is 3.81. The molecule has 0 aromatic heterocycles. The number of carbonyl (C=O) groups is 1. The Balaban J connectivity index is 2.28. The van der Waals surface area contributed by atoms with Gasteiger partial charge in [-0.25, -0.2) is 4.79 Å². The molecule has 3 N–H and O–H groups in total. The largest absolute Gasteiger partial charge is 0.444 e. The lowest BCUT2D eigenvalue weighted by molar-refractivity contribution is 0.0505. The molecule has 0 aromatic carbocycles. The number of aliphatic hydroxyl groups excluding tert-OH is 1. The summed E-state index contributed by atoms with van der Waals surface area (Å²) in [6.07, 6.45) is 3.46. The van der Waals surface area contributed by atoms with Crippen LogP contribution in [0.1, 0.15) is 60.3 Å². The highest BCUT2D eigenvalue weighted by Crippen LogP contribution is 2.23. The van der Waals surface area contributed by atoms with E-state index in [1.807, 2.05) is 20.8 Å². The highest BCUT2D eigenvalue weighted by Gasteiger charge is 2.28. The Bertz CT molecular complexity index is 337. The van der Waals surface area contributed by atoms with Crippen LogP contribution in [0.3, 0.4) is 0 Å². The normalized spacial score (nSPS) is 23.1. The predicted octanol–water partition coefficient (Wildman–Crippen LogP) is 2.43. The molecule has 0 spiro atoms. The summed E-state index contributed by atoms with van der Waals surface area (Å²) in [6.45, 7) is 11.0. The van der Waals surface area contributed by atoms with E-state index in [0.29, 0.717) is 6.04 Å². The van der Waals surface area contributed by atoms with Crippen molar-refractivity contribution in [3.05, 3.63) is 0 Å². The number of nitrogens with one attached hydrogen (secondary N) is 2. The standard InChI is InChI=1S/C16H32N2O3/c1-15(2,3)21-14(20)18-13-7-6-12(10-13)17-11-16(4,5)8-9-19/h12-13,17,19H,6-11H2,1-5H3,(H,18,20). The topological polar surface area (TPSA) is 70.6 Å². The van der Waals surface area contributed by atoms with Gasteiger partial charge in [0.15, 0.2) is 0 Å². The molecule has 2 atom stereocenters. The van der Waals surface area contributed by atoms with Crippen LogP contribution in [0.4, 0.5) is 4.79 Å². The second-order valence-corrected chi connectivity index (χ2v) is 7.87. The zero-order valence-corrected chi connectivity index (χ0v) is 14.2. The molecule has 5 nitrogen and oxygen atoms in total. The Hall–Kier alpha value is -0.810. The fraction of sp³-hybridized carbons (Fsp3) is 0.938. The molecule has 0 heterocycles. The van der Waals surface area contributed by atoms with E-state index in [1.54, 1.807) is 0 Å². The lowest BCUT2D eigenvalue weighted by Gasteiger charge is -2.26. The molecule has 21 heavy (non-hydrogen) atoms. The number of carbonyl (C=O) groups excluding carboxylic acids is 1. The van der Waals surface area contributed by atoms with Crippen LogP contribution in [-0.4, -0.2) is 42.0 Å². The average Bonchev–Trinajstić information content (AvgIpc) is 2.71. The lowest BCUT2D eigenvalue weighted by Crippen LogP contribution is -2.40. The third kappa shape index (κ3) is 7.67. The minimum absolute atomic E-state index is 0.103. The molecule has 1 rings (SSSR count). The number of hydrogen-bond acceptors (Lipinski definition) is 4. The number of ether oxygens (including phenoxy) is 1. The SMILES string of the molecule is CC(C)(CCO)CNC1CCC(NC(=O)OC(C)(C)C)C1.